The minimum absolute atomic E-state index is 0.426. The van der Waals surface area contributed by atoms with Crippen LogP contribution in [-0.2, 0) is 0 Å². The molecule has 1 nitrogen and oxygen atoms in total. The number of rotatable bonds is 3. The van der Waals surface area contributed by atoms with E-state index in [1.807, 2.05) is 0 Å². The Kier molecular flexibility index (Phi) is 4.22. The van der Waals surface area contributed by atoms with Gasteiger partial charge in [0.05, 0.1) is 0 Å². The number of hydrogen-bond acceptors (Lipinski definition) is 0. The molecule has 0 unspecified atom stereocenters. The van der Waals surface area contributed by atoms with Crippen molar-refractivity contribution in [2.24, 2.45) is 5.92 Å². The highest BCUT2D eigenvalue weighted by molar-refractivity contribution is 5.27. The van der Waals surface area contributed by atoms with Gasteiger partial charge in [0.15, 0.2) is 0 Å². The second-order valence-electron chi connectivity index (χ2n) is 5.85. The maximum atomic E-state index is 4.25. The molecular weight excluding hydrogens is 206 g/mol. The van der Waals surface area contributed by atoms with Gasteiger partial charge in [0.25, 0.3) is 0 Å². The van der Waals surface area contributed by atoms with Gasteiger partial charge >= 0.3 is 0 Å². The Morgan fingerprint density at radius 1 is 1.00 bits per heavy atom. The molecule has 2 rings (SSSR count). The lowest BCUT2D eigenvalue weighted by molar-refractivity contribution is -0.438. The Labute approximate surface area is 105 Å². The van der Waals surface area contributed by atoms with Crippen molar-refractivity contribution >= 4 is 0 Å². The van der Waals surface area contributed by atoms with Crippen LogP contribution in [-0.4, -0.2) is 0 Å². The highest BCUT2D eigenvalue weighted by Crippen LogP contribution is 2.33. The van der Waals surface area contributed by atoms with E-state index in [4.69, 9.17) is 0 Å². The quantitative estimate of drug-likeness (QED) is 0.823. The van der Waals surface area contributed by atoms with Gasteiger partial charge in [0.2, 0.25) is 0 Å². The Balaban J connectivity index is 2.06. The molecule has 1 aromatic rings. The zero-order valence-corrected chi connectivity index (χ0v) is 11.3. The van der Waals surface area contributed by atoms with E-state index < -0.39 is 0 Å². The summed E-state index contributed by atoms with van der Waals surface area (Å²) in [6, 6.07) is 9.69. The van der Waals surface area contributed by atoms with Crippen LogP contribution in [0.15, 0.2) is 24.3 Å². The molecule has 0 aromatic heterocycles. The number of quaternary nitrogens is 1. The summed E-state index contributed by atoms with van der Waals surface area (Å²) in [5.41, 5.74) is 7.18. The summed E-state index contributed by atoms with van der Waals surface area (Å²) in [5.74, 6) is 1.44. The summed E-state index contributed by atoms with van der Waals surface area (Å²) in [5, 5.41) is 0. The van der Waals surface area contributed by atoms with Crippen molar-refractivity contribution in [3.8, 4) is 0 Å². The molecule has 1 fully saturated rings. The van der Waals surface area contributed by atoms with Gasteiger partial charge in [0, 0.05) is 11.5 Å². The van der Waals surface area contributed by atoms with Crippen molar-refractivity contribution < 1.29 is 5.73 Å². The molecule has 94 valence electrons. The van der Waals surface area contributed by atoms with Crippen molar-refractivity contribution in [1.82, 2.24) is 0 Å². The SMILES string of the molecule is CC(C)[C@@H]([NH3+])c1ccc(C2CCCCC2)cc1. The molecule has 0 bridgehead atoms. The van der Waals surface area contributed by atoms with E-state index >= 15 is 0 Å². The van der Waals surface area contributed by atoms with Crippen molar-refractivity contribution in [3.63, 3.8) is 0 Å². The minimum atomic E-state index is 0.426. The lowest BCUT2D eigenvalue weighted by atomic mass is 9.83. The van der Waals surface area contributed by atoms with Crippen molar-refractivity contribution in [2.75, 3.05) is 0 Å². The van der Waals surface area contributed by atoms with Crippen LogP contribution in [0.1, 0.15) is 69.0 Å². The molecule has 1 aliphatic carbocycles. The van der Waals surface area contributed by atoms with E-state index in [2.05, 4.69) is 43.8 Å². The minimum Gasteiger partial charge on any atom is -0.351 e. The van der Waals surface area contributed by atoms with Gasteiger partial charge in [0.1, 0.15) is 6.04 Å². The third-order valence-electron chi connectivity index (χ3n) is 4.25. The van der Waals surface area contributed by atoms with Crippen LogP contribution in [0.4, 0.5) is 0 Å². The van der Waals surface area contributed by atoms with Crippen LogP contribution in [0.2, 0.25) is 0 Å². The molecule has 0 saturated heterocycles. The Bertz CT molecular complexity index is 333. The fourth-order valence-electron chi connectivity index (χ4n) is 2.84. The molecule has 0 heterocycles. The Morgan fingerprint density at radius 3 is 2.12 bits per heavy atom. The summed E-state index contributed by atoms with van der Waals surface area (Å²) in [6.07, 6.45) is 7.03. The van der Waals surface area contributed by atoms with E-state index in [1.165, 1.54) is 37.7 Å². The van der Waals surface area contributed by atoms with Crippen molar-refractivity contribution in [2.45, 2.75) is 57.9 Å². The highest BCUT2D eigenvalue weighted by atomic mass is 14.6. The lowest BCUT2D eigenvalue weighted by Gasteiger charge is -2.22. The first-order valence-corrected chi connectivity index (χ1v) is 7.11. The predicted octanol–water partition coefficient (Wildman–Crippen LogP) is 3.67. The fourth-order valence-corrected chi connectivity index (χ4v) is 2.84. The molecule has 1 heteroatoms. The third kappa shape index (κ3) is 3.10. The van der Waals surface area contributed by atoms with E-state index in [0.29, 0.717) is 12.0 Å². The van der Waals surface area contributed by atoms with Crippen molar-refractivity contribution in [1.29, 1.82) is 0 Å². The molecule has 1 atom stereocenters. The molecule has 0 amide bonds. The smallest absolute Gasteiger partial charge is 0.112 e. The molecule has 1 aliphatic rings. The molecule has 0 radical (unpaired) electrons. The molecule has 3 N–H and O–H groups in total. The second kappa shape index (κ2) is 5.68. The first-order valence-electron chi connectivity index (χ1n) is 7.11. The van der Waals surface area contributed by atoms with Gasteiger partial charge in [-0.1, -0.05) is 57.4 Å². The van der Waals surface area contributed by atoms with Gasteiger partial charge in [-0.25, -0.2) is 0 Å². The molecule has 1 saturated carbocycles. The van der Waals surface area contributed by atoms with Gasteiger partial charge in [-0.05, 0) is 24.3 Å². The van der Waals surface area contributed by atoms with Crippen molar-refractivity contribution in [3.05, 3.63) is 35.4 Å². The average Bonchev–Trinajstić information content (AvgIpc) is 2.39. The first kappa shape index (κ1) is 12.6. The van der Waals surface area contributed by atoms with Gasteiger partial charge < -0.3 is 5.73 Å². The zero-order chi connectivity index (χ0) is 12.3. The van der Waals surface area contributed by atoms with Crippen LogP contribution >= 0.6 is 0 Å². The largest absolute Gasteiger partial charge is 0.351 e. The van der Waals surface area contributed by atoms with E-state index in [9.17, 15) is 0 Å². The van der Waals surface area contributed by atoms with Crippen LogP contribution < -0.4 is 5.73 Å². The van der Waals surface area contributed by atoms with Crippen LogP contribution in [0, 0.1) is 5.92 Å². The summed E-state index contributed by atoms with van der Waals surface area (Å²) in [6.45, 7) is 4.49. The molecule has 1 aromatic carbocycles. The lowest BCUT2D eigenvalue weighted by Crippen LogP contribution is -2.55. The summed E-state index contributed by atoms with van der Waals surface area (Å²) in [4.78, 5) is 0. The van der Waals surface area contributed by atoms with Gasteiger partial charge in [-0.15, -0.1) is 0 Å². The number of hydrogen-bond donors (Lipinski definition) is 1. The summed E-state index contributed by atoms with van der Waals surface area (Å²) >= 11 is 0. The van der Waals surface area contributed by atoms with Crippen LogP contribution in [0.3, 0.4) is 0 Å². The fraction of sp³-hybridized carbons (Fsp3) is 0.625. The molecule has 0 aliphatic heterocycles. The Morgan fingerprint density at radius 2 is 1.59 bits per heavy atom. The first-order chi connectivity index (χ1) is 8.18. The topological polar surface area (TPSA) is 27.6 Å². The highest BCUT2D eigenvalue weighted by Gasteiger charge is 2.17. The number of benzene rings is 1. The second-order valence-corrected chi connectivity index (χ2v) is 5.85. The summed E-state index contributed by atoms with van der Waals surface area (Å²) in [7, 11) is 0. The maximum Gasteiger partial charge on any atom is 0.112 e. The van der Waals surface area contributed by atoms with Crippen LogP contribution in [0.25, 0.3) is 0 Å². The zero-order valence-electron chi connectivity index (χ0n) is 11.3. The van der Waals surface area contributed by atoms with Gasteiger partial charge in [-0.2, -0.15) is 0 Å². The Hall–Kier alpha value is -0.820. The normalized spacial score (nSPS) is 19.5. The molecule has 17 heavy (non-hydrogen) atoms. The van der Waals surface area contributed by atoms with Crippen LogP contribution in [0.5, 0.6) is 0 Å². The summed E-state index contributed by atoms with van der Waals surface area (Å²) < 4.78 is 0. The maximum absolute atomic E-state index is 4.25. The van der Waals surface area contributed by atoms with E-state index in [-0.39, 0.29) is 0 Å². The molecular formula is C16H26N+. The van der Waals surface area contributed by atoms with E-state index in [1.54, 1.807) is 5.56 Å². The molecule has 0 spiro atoms. The average molecular weight is 232 g/mol. The third-order valence-corrected chi connectivity index (χ3v) is 4.25. The van der Waals surface area contributed by atoms with E-state index in [0.717, 1.165) is 5.92 Å². The standard InChI is InChI=1S/C16H25N/c1-12(2)16(17)15-10-8-14(9-11-15)13-6-4-3-5-7-13/h8-13,16H,3-7,17H2,1-2H3/p+1/t16-/m1/s1. The van der Waals surface area contributed by atoms with Gasteiger partial charge in [-0.3, -0.25) is 0 Å². The monoisotopic (exact) mass is 232 g/mol. The predicted molar refractivity (Wildman–Crippen MR) is 72.7 cm³/mol.